The normalized spacial score (nSPS) is 24.2. The minimum absolute atomic E-state index is 0.0525. The molecule has 0 spiro atoms. The molecule has 2 aliphatic rings. The molecule has 4 heterocycles. The van der Waals surface area contributed by atoms with E-state index in [1.165, 1.54) is 12.3 Å². The second kappa shape index (κ2) is 24.2. The number of aliphatic hydroxyl groups excluding tert-OH is 6. The Labute approximate surface area is 348 Å². The highest BCUT2D eigenvalue weighted by Gasteiger charge is 2.59. The van der Waals surface area contributed by atoms with E-state index >= 15 is 0 Å². The molecule has 61 heavy (non-hydrogen) atoms. The largest absolute Gasteiger partial charge is 0.394 e. The molecule has 0 saturated carbocycles. The number of aromatic nitrogens is 4. The van der Waals surface area contributed by atoms with Crippen molar-refractivity contribution in [2.75, 3.05) is 37.1 Å². The summed E-state index contributed by atoms with van der Waals surface area (Å²) in [6.07, 6.45) is -0.894. The molecule has 2 fully saturated rings. The quantitative estimate of drug-likeness (QED) is 0.0632. The van der Waals surface area contributed by atoms with Crippen LogP contribution in [0.1, 0.15) is 103 Å². The first-order valence-electron chi connectivity index (χ1n) is 20.0. The van der Waals surface area contributed by atoms with E-state index < -0.39 is 92.1 Å². The van der Waals surface area contributed by atoms with Crippen molar-refractivity contribution >= 4 is 35.0 Å². The first-order valence-corrected chi connectivity index (χ1v) is 20.0. The van der Waals surface area contributed by atoms with Crippen molar-refractivity contribution in [2.45, 2.75) is 139 Å². The van der Waals surface area contributed by atoms with Gasteiger partial charge in [0.05, 0.1) is 13.2 Å². The minimum atomic E-state index is -3.81. The number of alkyl halides is 2. The summed E-state index contributed by atoms with van der Waals surface area (Å²) in [7, 11) is 0. The first kappa shape index (κ1) is 50.9. The van der Waals surface area contributed by atoms with Crippen molar-refractivity contribution in [3.8, 4) is 0 Å². The molecule has 0 unspecified atom stereocenters. The van der Waals surface area contributed by atoms with E-state index in [-0.39, 0.29) is 48.4 Å². The fraction of sp³-hybridized carbons (Fsp3) is 0.684. The number of hydrogen-bond donors (Lipinski definition) is 9. The lowest BCUT2D eigenvalue weighted by atomic mass is 9.89. The van der Waals surface area contributed by atoms with Crippen molar-refractivity contribution in [1.29, 1.82) is 0 Å². The Kier molecular flexibility index (Phi) is 20.2. The van der Waals surface area contributed by atoms with Crippen LogP contribution in [0.2, 0.25) is 0 Å². The summed E-state index contributed by atoms with van der Waals surface area (Å²) in [5, 5.41) is 71.1. The fourth-order valence-electron chi connectivity index (χ4n) is 6.60. The third kappa shape index (κ3) is 14.0. The molecule has 4 rings (SSSR count). The van der Waals surface area contributed by atoms with Crippen LogP contribution in [0, 0.1) is 0 Å². The molecule has 0 aromatic carbocycles. The molecule has 342 valence electrons. The number of rotatable bonds is 23. The second-order valence-corrected chi connectivity index (χ2v) is 14.6. The van der Waals surface area contributed by atoms with Crippen molar-refractivity contribution in [2.24, 2.45) is 0 Å². The number of ether oxygens (including phenoxy) is 2. The lowest BCUT2D eigenvalue weighted by Gasteiger charge is -2.28. The molecule has 0 radical (unpaired) electrons. The lowest BCUT2D eigenvalue weighted by molar-refractivity contribution is -0.141. The van der Waals surface area contributed by atoms with E-state index in [2.05, 4.69) is 20.6 Å². The van der Waals surface area contributed by atoms with Crippen LogP contribution in [0.3, 0.4) is 0 Å². The molecule has 2 aromatic heterocycles. The maximum Gasteiger partial charge on any atom is 0.351 e. The summed E-state index contributed by atoms with van der Waals surface area (Å²) in [6, 6.07) is 2.53. The second-order valence-electron chi connectivity index (χ2n) is 14.6. The molecule has 21 nitrogen and oxygen atoms in total. The summed E-state index contributed by atoms with van der Waals surface area (Å²) in [6.45, 7) is -0.651. The summed E-state index contributed by atoms with van der Waals surface area (Å²) in [5.74, 6) is -5.02. The van der Waals surface area contributed by atoms with Crippen LogP contribution in [0.5, 0.6) is 0 Å². The number of nitrogens with one attached hydrogen (secondary N) is 2. The first-order chi connectivity index (χ1) is 29.0. The molecule has 2 amide bonds. The van der Waals surface area contributed by atoms with Gasteiger partial charge in [-0.3, -0.25) is 28.3 Å². The Morgan fingerprint density at radius 1 is 0.705 bits per heavy atom. The van der Waals surface area contributed by atoms with Crippen molar-refractivity contribution < 1.29 is 73.2 Å². The highest BCUT2D eigenvalue weighted by molar-refractivity contribution is 5.90. The summed E-state index contributed by atoms with van der Waals surface area (Å²) >= 11 is 0. The molecule has 0 bridgehead atoms. The number of ketones is 2. The summed E-state index contributed by atoms with van der Waals surface area (Å²) < 4.78 is 40.1. The van der Waals surface area contributed by atoms with Gasteiger partial charge in [-0.15, -0.1) is 0 Å². The van der Waals surface area contributed by atoms with E-state index in [0.717, 1.165) is 36.1 Å². The van der Waals surface area contributed by atoms with Gasteiger partial charge in [-0.05, 0) is 44.2 Å². The van der Waals surface area contributed by atoms with E-state index in [4.69, 9.17) is 24.8 Å². The maximum atomic E-state index is 14.1. The van der Waals surface area contributed by atoms with Gasteiger partial charge in [-0.25, -0.2) is 9.59 Å². The van der Waals surface area contributed by atoms with Gasteiger partial charge in [-0.1, -0.05) is 32.6 Å². The van der Waals surface area contributed by atoms with E-state index in [0.29, 0.717) is 49.5 Å². The number of carbonyl (C=O) groups is 4. The van der Waals surface area contributed by atoms with Gasteiger partial charge in [0.2, 0.25) is 18.0 Å². The third-order valence-electron chi connectivity index (χ3n) is 10.2. The number of carbonyl (C=O) groups excluding carboxylic acids is 4. The Morgan fingerprint density at radius 2 is 1.16 bits per heavy atom. The maximum absolute atomic E-state index is 14.1. The van der Waals surface area contributed by atoms with E-state index in [1.807, 2.05) is 0 Å². The molecule has 2 aromatic rings. The number of Topliss-reactive ketones (excluding diaryl/α,β-unsaturated/α-hetero) is 2. The zero-order valence-corrected chi connectivity index (χ0v) is 33.7. The number of nitrogens with zero attached hydrogens (tertiary/aromatic N) is 4. The Balaban J connectivity index is 0.000000325. The van der Waals surface area contributed by atoms with Crippen LogP contribution >= 0.6 is 0 Å². The molecular weight excluding hydrogens is 818 g/mol. The number of hydrogen-bond acceptors (Lipinski definition) is 17. The van der Waals surface area contributed by atoms with Crippen molar-refractivity contribution in [3.63, 3.8) is 0 Å². The molecule has 9 N–H and O–H groups in total. The molecule has 2 saturated heterocycles. The average Bonchev–Trinajstić information content (AvgIpc) is 3.62. The van der Waals surface area contributed by atoms with E-state index in [9.17, 15) is 58.0 Å². The summed E-state index contributed by atoms with van der Waals surface area (Å²) in [4.78, 5) is 77.7. The SMILES string of the molecule is CC[C@@]1(O)[C@@H](CO)O[C@@H](n2ccc(NC(=O)CCCCCCC(=O)CO)nc2=O)[C@@H]1O.O=C(CO)CCCCCCC(=O)Nc1ccn([C@@H]2O[C@H](CO)[C@@H](O)C2(F)F)c(=O)n1. The van der Waals surface area contributed by atoms with Crippen LogP contribution in [0.25, 0.3) is 0 Å². The third-order valence-corrected chi connectivity index (χ3v) is 10.2. The van der Waals surface area contributed by atoms with Gasteiger partial charge >= 0.3 is 17.3 Å². The topological polar surface area (TPSA) is 322 Å². The van der Waals surface area contributed by atoms with Gasteiger partial charge in [-0.2, -0.15) is 18.7 Å². The average molecular weight is 875 g/mol. The van der Waals surface area contributed by atoms with Crippen molar-refractivity contribution in [1.82, 2.24) is 19.1 Å². The molecule has 7 atom stereocenters. The van der Waals surface area contributed by atoms with Gasteiger partial charge in [0.25, 0.3) is 0 Å². The van der Waals surface area contributed by atoms with Crippen LogP contribution in [0.15, 0.2) is 34.1 Å². The van der Waals surface area contributed by atoms with Gasteiger partial charge in [0.15, 0.2) is 23.9 Å². The standard InChI is InChI=1S/C20H31N3O8.C18H25F2N3O7/c1-2-20(30)14(12-25)31-18(17(20)28)23-10-9-15(22-19(23)29)21-16(27)8-6-4-3-5-7-13(26)11-24;19-18(20)15(28)12(10-25)30-16(18)23-8-7-13(22-17(23)29)21-14(27)6-4-2-1-3-5-11(26)9-24/h9-10,14,17-18,24-25,28,30H,2-8,11-12H2,1H3,(H,21,22,27,29);7-8,12,15-16,24-25,28H,1-6,9-10H2,(H,21,22,27,29)/t14-,17+,18-,20-;12-,15-,16-/m11/s1. The van der Waals surface area contributed by atoms with Crippen molar-refractivity contribution in [3.05, 3.63) is 45.5 Å². The number of unbranched alkanes of at least 4 members (excludes halogenated alkanes) is 6. The zero-order valence-electron chi connectivity index (χ0n) is 33.7. The number of anilines is 2. The number of aliphatic hydroxyl groups is 7. The zero-order chi connectivity index (χ0) is 45.3. The predicted octanol–water partition coefficient (Wildman–Crippen LogP) is -0.555. The molecular formula is C38H56F2N6O15. The molecule has 23 heteroatoms. The molecule has 0 aliphatic carbocycles. The van der Waals surface area contributed by atoms with E-state index in [1.54, 1.807) is 6.92 Å². The minimum Gasteiger partial charge on any atom is -0.394 e. The fourth-order valence-corrected chi connectivity index (χ4v) is 6.60. The van der Waals surface area contributed by atoms with Crippen LogP contribution in [-0.4, -0.2) is 141 Å². The number of halogens is 2. The Morgan fingerprint density at radius 3 is 1.54 bits per heavy atom. The van der Waals surface area contributed by atoms with Crippen LogP contribution in [0.4, 0.5) is 20.4 Å². The van der Waals surface area contributed by atoms with Crippen LogP contribution in [-0.2, 0) is 28.7 Å². The predicted molar refractivity (Wildman–Crippen MR) is 208 cm³/mol. The van der Waals surface area contributed by atoms with Gasteiger partial charge < -0.3 is 55.9 Å². The van der Waals surface area contributed by atoms with Crippen LogP contribution < -0.4 is 22.0 Å². The van der Waals surface area contributed by atoms with Gasteiger partial charge in [0, 0.05) is 38.1 Å². The monoisotopic (exact) mass is 874 g/mol. The summed E-state index contributed by atoms with van der Waals surface area (Å²) in [5.41, 5.74) is -3.60. The van der Waals surface area contributed by atoms with Gasteiger partial charge in [0.1, 0.15) is 48.8 Å². The Hall–Kier alpha value is -4.46. The Bertz CT molecular complexity index is 1880. The molecule has 2 aliphatic heterocycles. The number of amides is 2. The lowest BCUT2D eigenvalue weighted by Crippen LogP contribution is -2.48. The highest BCUT2D eigenvalue weighted by atomic mass is 19.3. The smallest absolute Gasteiger partial charge is 0.351 e. The highest BCUT2D eigenvalue weighted by Crippen LogP contribution is 2.42.